The number of hydrogen-bond donors (Lipinski definition) is 5. The third-order valence-electron chi connectivity index (χ3n) is 3.39. The van der Waals surface area contributed by atoms with E-state index >= 15 is 0 Å². The highest BCUT2D eigenvalue weighted by Gasteiger charge is 2.25. The molecule has 0 rings (SSSR count). The Kier molecular flexibility index (Phi) is 11.6. The van der Waals surface area contributed by atoms with Crippen LogP contribution >= 0.6 is 0 Å². The van der Waals surface area contributed by atoms with E-state index in [2.05, 4.69) is 0 Å². The summed E-state index contributed by atoms with van der Waals surface area (Å²) in [6, 6.07) is -0.823. The summed E-state index contributed by atoms with van der Waals surface area (Å²) in [6.45, 7) is 0.789. The van der Waals surface area contributed by atoms with Gasteiger partial charge in [0.2, 0.25) is 5.91 Å². The van der Waals surface area contributed by atoms with Crippen LogP contribution in [0, 0.1) is 5.92 Å². The summed E-state index contributed by atoms with van der Waals surface area (Å²) < 4.78 is 4.86. The topological polar surface area (TPSA) is 159 Å². The Bertz CT molecular complexity index is 359. The number of methoxy groups -OCH3 is 1. The van der Waals surface area contributed by atoms with E-state index in [4.69, 9.17) is 31.4 Å². The second-order valence-corrected chi connectivity index (χ2v) is 5.51. The largest absolute Gasteiger partial charge is 0.481 e. The van der Waals surface area contributed by atoms with Crippen LogP contribution in [-0.2, 0) is 14.3 Å². The van der Waals surface area contributed by atoms with Crippen molar-refractivity contribution in [3.8, 4) is 0 Å². The molecule has 0 aromatic carbocycles. The molecular formula is C13H28BN3O6. The number of nitrogens with zero attached hydrogens (tertiary/aromatic N) is 1. The van der Waals surface area contributed by atoms with Crippen LogP contribution < -0.4 is 11.5 Å². The molecule has 0 aromatic rings. The lowest BCUT2D eigenvalue weighted by molar-refractivity contribution is -0.140. The van der Waals surface area contributed by atoms with Gasteiger partial charge >= 0.3 is 13.1 Å². The van der Waals surface area contributed by atoms with Gasteiger partial charge in [0.1, 0.15) is 6.04 Å². The number of carboxylic acid groups (broad SMARTS) is 1. The lowest BCUT2D eigenvalue weighted by Gasteiger charge is -2.29. The summed E-state index contributed by atoms with van der Waals surface area (Å²) in [7, 11) is 0.0192. The van der Waals surface area contributed by atoms with E-state index in [-0.39, 0.29) is 50.8 Å². The molecule has 0 aliphatic carbocycles. The highest BCUT2D eigenvalue weighted by atomic mass is 16.5. The highest BCUT2D eigenvalue weighted by molar-refractivity contribution is 6.40. The summed E-state index contributed by atoms with van der Waals surface area (Å²) in [6.07, 6.45) is 0.946. The molecule has 1 amide bonds. The summed E-state index contributed by atoms with van der Waals surface area (Å²) in [5.74, 6) is -1.62. The molecule has 0 spiro atoms. The van der Waals surface area contributed by atoms with Gasteiger partial charge in [0.05, 0.1) is 6.61 Å². The molecule has 2 atom stereocenters. The van der Waals surface area contributed by atoms with Gasteiger partial charge in [-0.2, -0.15) is 0 Å². The van der Waals surface area contributed by atoms with Crippen molar-refractivity contribution in [1.82, 2.24) is 4.90 Å². The van der Waals surface area contributed by atoms with Gasteiger partial charge in [0.25, 0.3) is 0 Å². The first kappa shape index (κ1) is 21.8. The molecule has 0 heterocycles. The van der Waals surface area contributed by atoms with Crippen LogP contribution in [0.2, 0.25) is 6.32 Å². The molecule has 1 unspecified atom stereocenters. The average Bonchev–Trinajstić information content (AvgIpc) is 2.45. The van der Waals surface area contributed by atoms with Gasteiger partial charge in [-0.25, -0.2) is 0 Å². The SMILES string of the molecule is COC[C@H](N)C(=O)N(CCN)CC(CCCB(O)O)CC(=O)O. The Labute approximate surface area is 136 Å². The van der Waals surface area contributed by atoms with Crippen molar-refractivity contribution in [3.63, 3.8) is 0 Å². The molecule has 0 aliphatic heterocycles. The third-order valence-corrected chi connectivity index (χ3v) is 3.39. The fraction of sp³-hybridized carbons (Fsp3) is 0.846. The second kappa shape index (κ2) is 12.3. The van der Waals surface area contributed by atoms with Crippen molar-refractivity contribution < 1.29 is 29.5 Å². The van der Waals surface area contributed by atoms with Crippen molar-refractivity contribution in [2.45, 2.75) is 31.6 Å². The molecule has 9 nitrogen and oxygen atoms in total. The predicted molar refractivity (Wildman–Crippen MR) is 85.5 cm³/mol. The molecular weight excluding hydrogens is 305 g/mol. The van der Waals surface area contributed by atoms with E-state index in [9.17, 15) is 9.59 Å². The van der Waals surface area contributed by atoms with Gasteiger partial charge in [-0.15, -0.1) is 0 Å². The Balaban J connectivity index is 4.76. The van der Waals surface area contributed by atoms with Crippen LogP contribution in [0.15, 0.2) is 0 Å². The minimum atomic E-state index is -1.42. The molecule has 0 aliphatic rings. The lowest BCUT2D eigenvalue weighted by atomic mass is 9.81. The summed E-state index contributed by atoms with van der Waals surface area (Å²) in [5, 5.41) is 26.7. The standard InChI is InChI=1S/C13H28BN3O6/c1-23-9-11(16)13(20)17(6-5-15)8-10(7-12(18)19)3-2-4-14(21)22/h10-11,21-22H,2-9,15-16H2,1H3,(H,18,19)/t10?,11-/m0/s1. The van der Waals surface area contributed by atoms with Crippen LogP contribution in [0.3, 0.4) is 0 Å². The van der Waals surface area contributed by atoms with Gasteiger partial charge in [-0.1, -0.05) is 6.42 Å². The van der Waals surface area contributed by atoms with E-state index < -0.39 is 19.1 Å². The van der Waals surface area contributed by atoms with Crippen molar-refractivity contribution in [2.24, 2.45) is 17.4 Å². The maximum absolute atomic E-state index is 12.3. The lowest BCUT2D eigenvalue weighted by Crippen LogP contribution is -2.49. The Morgan fingerprint density at radius 2 is 2.00 bits per heavy atom. The number of carbonyl (C=O) groups is 2. The first-order valence-corrected chi connectivity index (χ1v) is 7.63. The van der Waals surface area contributed by atoms with E-state index in [0.29, 0.717) is 12.8 Å². The number of hydrogen-bond acceptors (Lipinski definition) is 7. The smallest absolute Gasteiger partial charge is 0.451 e. The quantitative estimate of drug-likeness (QED) is 0.244. The Hall–Kier alpha value is -1.20. The highest BCUT2D eigenvalue weighted by Crippen LogP contribution is 2.16. The number of carboxylic acids is 1. The van der Waals surface area contributed by atoms with Crippen molar-refractivity contribution in [2.75, 3.05) is 33.4 Å². The molecule has 7 N–H and O–H groups in total. The van der Waals surface area contributed by atoms with Crippen molar-refractivity contribution >= 4 is 19.0 Å². The molecule has 0 saturated heterocycles. The minimum absolute atomic E-state index is 0.0696. The third kappa shape index (κ3) is 10.2. The minimum Gasteiger partial charge on any atom is -0.481 e. The van der Waals surface area contributed by atoms with Crippen molar-refractivity contribution in [3.05, 3.63) is 0 Å². The predicted octanol–water partition coefficient (Wildman–Crippen LogP) is -1.91. The summed E-state index contributed by atoms with van der Waals surface area (Å²) in [4.78, 5) is 24.7. The monoisotopic (exact) mass is 333 g/mol. The molecule has 0 aromatic heterocycles. The van der Waals surface area contributed by atoms with Gasteiger partial charge < -0.3 is 36.3 Å². The number of rotatable bonds is 13. The zero-order valence-electron chi connectivity index (χ0n) is 13.6. The maximum Gasteiger partial charge on any atom is 0.451 e. The Morgan fingerprint density at radius 3 is 2.48 bits per heavy atom. The maximum atomic E-state index is 12.3. The molecule has 0 saturated carbocycles. The number of ether oxygens (including phenoxy) is 1. The molecule has 10 heteroatoms. The first-order valence-electron chi connectivity index (χ1n) is 7.63. The normalized spacial score (nSPS) is 13.4. The van der Waals surface area contributed by atoms with Crippen LogP contribution in [-0.4, -0.2) is 78.4 Å². The van der Waals surface area contributed by atoms with Gasteiger partial charge in [0, 0.05) is 33.2 Å². The molecule has 0 fully saturated rings. The fourth-order valence-corrected chi connectivity index (χ4v) is 2.34. The number of nitrogens with two attached hydrogens (primary N) is 2. The van der Waals surface area contributed by atoms with E-state index in [1.54, 1.807) is 0 Å². The zero-order valence-corrected chi connectivity index (χ0v) is 13.6. The molecule has 23 heavy (non-hydrogen) atoms. The zero-order chi connectivity index (χ0) is 17.8. The van der Waals surface area contributed by atoms with Gasteiger partial charge in [-0.3, -0.25) is 9.59 Å². The second-order valence-electron chi connectivity index (χ2n) is 5.51. The summed E-state index contributed by atoms with van der Waals surface area (Å²) >= 11 is 0. The van der Waals surface area contributed by atoms with Crippen LogP contribution in [0.4, 0.5) is 0 Å². The molecule has 0 radical (unpaired) electrons. The summed E-state index contributed by atoms with van der Waals surface area (Å²) in [5.41, 5.74) is 11.2. The van der Waals surface area contributed by atoms with Crippen LogP contribution in [0.5, 0.6) is 0 Å². The number of aliphatic carboxylic acids is 1. The molecule has 134 valence electrons. The fourth-order valence-electron chi connectivity index (χ4n) is 2.34. The van der Waals surface area contributed by atoms with Crippen LogP contribution in [0.25, 0.3) is 0 Å². The molecule has 0 bridgehead atoms. The van der Waals surface area contributed by atoms with E-state index in [1.807, 2.05) is 0 Å². The Morgan fingerprint density at radius 1 is 1.35 bits per heavy atom. The van der Waals surface area contributed by atoms with Gasteiger partial charge in [-0.05, 0) is 18.7 Å². The average molecular weight is 333 g/mol. The van der Waals surface area contributed by atoms with Crippen LogP contribution in [0.1, 0.15) is 19.3 Å². The van der Waals surface area contributed by atoms with E-state index in [1.165, 1.54) is 12.0 Å². The number of carbonyl (C=O) groups excluding carboxylic acids is 1. The van der Waals surface area contributed by atoms with Gasteiger partial charge in [0.15, 0.2) is 0 Å². The first-order chi connectivity index (χ1) is 10.8. The van der Waals surface area contributed by atoms with Crippen molar-refractivity contribution in [1.29, 1.82) is 0 Å². The number of amides is 1. The van der Waals surface area contributed by atoms with E-state index in [0.717, 1.165) is 0 Å².